The van der Waals surface area contributed by atoms with E-state index in [1.165, 1.54) is 5.56 Å². The zero-order valence-electron chi connectivity index (χ0n) is 30.6. The van der Waals surface area contributed by atoms with Crippen LogP contribution in [0.2, 0.25) is 0 Å². The van der Waals surface area contributed by atoms with E-state index in [1.54, 1.807) is 0 Å². The molecule has 50 heavy (non-hydrogen) atoms. The van der Waals surface area contributed by atoms with Crippen LogP contribution in [0.5, 0.6) is 0 Å². The summed E-state index contributed by atoms with van der Waals surface area (Å²) >= 11 is 6.85. The summed E-state index contributed by atoms with van der Waals surface area (Å²) in [5.74, 6) is 1.36. The fourth-order valence-electron chi connectivity index (χ4n) is 4.68. The fourth-order valence-corrected chi connectivity index (χ4v) is 5.21. The van der Waals surface area contributed by atoms with Crippen molar-refractivity contribution in [1.29, 1.82) is 5.41 Å². The zero-order chi connectivity index (χ0) is 33.2. The van der Waals surface area contributed by atoms with E-state index < -0.39 is 0 Å². The number of aromatic nitrogens is 3. The van der Waals surface area contributed by atoms with Crippen molar-refractivity contribution < 1.29 is 117 Å². The molecule has 0 spiro atoms. The molecule has 0 radical (unpaired) electrons. The Labute approximate surface area is 411 Å². The van der Waals surface area contributed by atoms with E-state index in [0.29, 0.717) is 30.8 Å². The van der Waals surface area contributed by atoms with E-state index in [-0.39, 0.29) is 151 Å². The van der Waals surface area contributed by atoms with E-state index in [2.05, 4.69) is 94.0 Å². The number of nitrogens with zero attached hydrogens (tertiary/aromatic N) is 3. The minimum absolute atomic E-state index is 0. The van der Waals surface area contributed by atoms with Gasteiger partial charge >= 0.3 is 103 Å². The van der Waals surface area contributed by atoms with Gasteiger partial charge in [-0.25, -0.2) is 9.67 Å². The monoisotopic (exact) mass is 903 g/mol. The molecule has 0 aliphatic carbocycles. The second kappa shape index (κ2) is 33.2. The van der Waals surface area contributed by atoms with E-state index in [1.807, 2.05) is 77.7 Å². The van der Waals surface area contributed by atoms with Crippen molar-refractivity contribution in [2.75, 3.05) is 6.54 Å². The molecule has 4 rings (SSSR count). The van der Waals surface area contributed by atoms with Gasteiger partial charge in [-0.2, -0.15) is 5.10 Å². The van der Waals surface area contributed by atoms with Crippen LogP contribution < -0.4 is 108 Å². The molecule has 0 aliphatic rings. The van der Waals surface area contributed by atoms with E-state index in [0.717, 1.165) is 38.7 Å². The molecular formula is C36H51Br2ClK2N5O3P. The first-order valence-corrected chi connectivity index (χ1v) is 16.7. The van der Waals surface area contributed by atoms with Crippen LogP contribution in [0, 0.1) is 18.8 Å². The molecule has 3 aromatic carbocycles. The van der Waals surface area contributed by atoms with Gasteiger partial charge in [0.25, 0.3) is 6.47 Å². The molecule has 0 saturated carbocycles. The molecule has 8 nitrogen and oxygen atoms in total. The third-order valence-corrected chi connectivity index (χ3v) is 8.29. The van der Waals surface area contributed by atoms with Gasteiger partial charge in [0, 0.05) is 27.1 Å². The molecular weight excluding hydrogens is 855 g/mol. The summed E-state index contributed by atoms with van der Waals surface area (Å²) in [5.41, 5.74) is 3.77. The molecule has 0 amide bonds. The van der Waals surface area contributed by atoms with Gasteiger partial charge in [0.1, 0.15) is 6.33 Å². The van der Waals surface area contributed by atoms with Crippen molar-refractivity contribution in [3.8, 4) is 11.4 Å². The van der Waals surface area contributed by atoms with Crippen molar-refractivity contribution in [3.05, 3.63) is 113 Å². The predicted molar refractivity (Wildman–Crippen MR) is 213 cm³/mol. The Hall–Kier alpha value is 0.813. The first-order chi connectivity index (χ1) is 21.6. The maximum absolute atomic E-state index is 8.36. The van der Waals surface area contributed by atoms with Gasteiger partial charge in [0.05, 0.1) is 24.5 Å². The molecule has 1 heterocycles. The quantitative estimate of drug-likeness (QED) is 0.0616. The SMILES string of the molecule is CC[C@@H](C(C)C)n1cnc(-c2ccc(Br)cc2)n1.CC[C@H](NCC(=N)c1ccc(Br)cc1)[C@H](C)OCc1ccccc1.Cl.O=CO.[CH3-].[K+].[K+].[PH2-]. The van der Waals surface area contributed by atoms with Gasteiger partial charge in [0.2, 0.25) is 0 Å². The standard InChI is InChI=1S/C20H25BrN2O.C14H18BrN3.CH2O2.CH3.ClH.2K.H2P/c1-3-20(15(2)24-14-16-7-5-4-6-8-16)23-13-19(22)17-9-11-18(21)12-10-17;1-4-13(10(2)3)18-9-16-14(17-18)11-5-7-12(15)8-6-11;2-1-3;;;;;/h4-12,15,20,22-23H,3,13-14H2,1-2H3;5-10,13H,4H2,1-3H3;1H,(H,2,3);1H3;1H;;;1H2/q;;;-1;;2*+1;-1/t15-,20-;13-;;;;;;/m00....../s1. The molecule has 266 valence electrons. The number of halogens is 3. The van der Waals surface area contributed by atoms with Gasteiger partial charge < -0.3 is 37.9 Å². The number of hydrogen-bond acceptors (Lipinski definition) is 6. The van der Waals surface area contributed by atoms with Gasteiger partial charge in [0.15, 0.2) is 5.82 Å². The minimum Gasteiger partial charge on any atom is -0.577 e. The number of hydrogen-bond donors (Lipinski definition) is 3. The third kappa shape index (κ3) is 21.6. The Kier molecular flexibility index (Phi) is 38.2. The molecule has 0 bridgehead atoms. The second-order valence-corrected chi connectivity index (χ2v) is 12.6. The Morgan fingerprint density at radius 3 is 1.94 bits per heavy atom. The van der Waals surface area contributed by atoms with Crippen LogP contribution in [0.15, 0.2) is 94.1 Å². The Bertz CT molecular complexity index is 1420. The molecule has 0 fully saturated rings. The largest absolute Gasteiger partial charge is 1.00 e. The molecule has 14 heteroatoms. The summed E-state index contributed by atoms with van der Waals surface area (Å²) in [6, 6.07) is 26.8. The van der Waals surface area contributed by atoms with Crippen LogP contribution in [0.25, 0.3) is 11.4 Å². The summed E-state index contributed by atoms with van der Waals surface area (Å²) in [4.78, 5) is 12.8. The van der Waals surface area contributed by atoms with Crippen LogP contribution in [-0.4, -0.2) is 50.7 Å². The van der Waals surface area contributed by atoms with E-state index in [9.17, 15) is 0 Å². The molecule has 4 aromatic rings. The Balaban J connectivity index is -0.000000368. The number of carbonyl (C=O) groups is 1. The van der Waals surface area contributed by atoms with Gasteiger partial charge in [-0.05, 0) is 61.1 Å². The average Bonchev–Trinajstić information content (AvgIpc) is 3.52. The average molecular weight is 906 g/mol. The summed E-state index contributed by atoms with van der Waals surface area (Å²) in [5, 5.41) is 23.2. The minimum atomic E-state index is -0.250. The molecule has 3 atom stereocenters. The molecule has 0 unspecified atom stereocenters. The maximum Gasteiger partial charge on any atom is 1.00 e. The zero-order valence-corrected chi connectivity index (χ0v) is 42.0. The number of ether oxygens (including phenoxy) is 1. The number of benzene rings is 3. The molecule has 0 aliphatic heterocycles. The number of nitrogens with one attached hydrogen (secondary N) is 2. The van der Waals surface area contributed by atoms with Gasteiger partial charge in [-0.3, -0.25) is 4.79 Å². The summed E-state index contributed by atoms with van der Waals surface area (Å²) in [6.07, 6.45) is 3.96. The van der Waals surface area contributed by atoms with Gasteiger partial charge in [-0.1, -0.05) is 114 Å². The Morgan fingerprint density at radius 2 is 1.46 bits per heavy atom. The van der Waals surface area contributed by atoms with Crippen molar-refractivity contribution in [3.63, 3.8) is 0 Å². The topological polar surface area (TPSA) is 113 Å². The van der Waals surface area contributed by atoms with Crippen molar-refractivity contribution in [2.45, 2.75) is 72.3 Å². The molecule has 3 N–H and O–H groups in total. The number of carboxylic acid groups (broad SMARTS) is 1. The van der Waals surface area contributed by atoms with Gasteiger partial charge in [-0.15, -0.1) is 12.4 Å². The van der Waals surface area contributed by atoms with Crippen LogP contribution in [-0.2, 0) is 16.1 Å². The predicted octanol–water partition coefficient (Wildman–Crippen LogP) is 4.01. The van der Waals surface area contributed by atoms with Crippen LogP contribution in [0.1, 0.15) is 64.6 Å². The molecule has 0 saturated heterocycles. The van der Waals surface area contributed by atoms with Crippen LogP contribution >= 0.6 is 54.2 Å². The van der Waals surface area contributed by atoms with Crippen molar-refractivity contribution >= 4 is 66.3 Å². The maximum atomic E-state index is 8.36. The molecule has 1 aromatic heterocycles. The summed E-state index contributed by atoms with van der Waals surface area (Å²) in [6.45, 7) is 11.8. The summed E-state index contributed by atoms with van der Waals surface area (Å²) < 4.78 is 10.1. The smallest absolute Gasteiger partial charge is 0.577 e. The van der Waals surface area contributed by atoms with E-state index >= 15 is 0 Å². The van der Waals surface area contributed by atoms with Crippen molar-refractivity contribution in [2.24, 2.45) is 5.92 Å². The van der Waals surface area contributed by atoms with Crippen molar-refractivity contribution in [1.82, 2.24) is 20.1 Å². The normalized spacial score (nSPS) is 11.4. The second-order valence-electron chi connectivity index (χ2n) is 10.8. The van der Waals surface area contributed by atoms with Crippen LogP contribution in [0.4, 0.5) is 0 Å². The van der Waals surface area contributed by atoms with E-state index in [4.69, 9.17) is 20.0 Å². The summed E-state index contributed by atoms with van der Waals surface area (Å²) in [7, 11) is 0. The fraction of sp³-hybridized carbons (Fsp3) is 0.361. The van der Waals surface area contributed by atoms with Crippen LogP contribution in [0.3, 0.4) is 0 Å². The third-order valence-electron chi connectivity index (χ3n) is 7.23. The number of rotatable bonds is 13. The first kappa shape index (κ1) is 57.5. The first-order valence-electron chi connectivity index (χ1n) is 15.1. The Morgan fingerprint density at radius 1 is 0.940 bits per heavy atom.